The Labute approximate surface area is 186 Å². The minimum absolute atomic E-state index is 0.124. The number of anilines is 1. The van der Waals surface area contributed by atoms with Gasteiger partial charge in [-0.3, -0.25) is 0 Å². The summed E-state index contributed by atoms with van der Waals surface area (Å²) >= 11 is 0. The molecule has 1 saturated carbocycles. The maximum atomic E-state index is 10.6. The summed E-state index contributed by atoms with van der Waals surface area (Å²) in [5, 5.41) is 21.2. The highest BCUT2D eigenvalue weighted by Crippen LogP contribution is 2.48. The quantitative estimate of drug-likeness (QED) is 0.642. The Morgan fingerprint density at radius 1 is 1.10 bits per heavy atom. The van der Waals surface area contributed by atoms with Crippen molar-refractivity contribution >= 4 is 5.69 Å². The van der Waals surface area contributed by atoms with E-state index in [1.807, 2.05) is 12.1 Å². The largest absolute Gasteiger partial charge is 0.392 e. The van der Waals surface area contributed by atoms with Crippen LogP contribution in [0.2, 0.25) is 0 Å². The summed E-state index contributed by atoms with van der Waals surface area (Å²) in [7, 11) is 4.15. The number of aryl methyl sites for hydroxylation is 1. The van der Waals surface area contributed by atoms with Gasteiger partial charge in [-0.1, -0.05) is 65.8 Å². The van der Waals surface area contributed by atoms with Gasteiger partial charge in [0.2, 0.25) is 0 Å². The first-order chi connectivity index (χ1) is 14.9. The number of hydrogen-bond donors (Lipinski definition) is 2. The number of allylic oxidation sites excluding steroid dienone is 2. The molecule has 5 atom stereocenters. The van der Waals surface area contributed by atoms with Gasteiger partial charge in [0, 0.05) is 32.1 Å². The summed E-state index contributed by atoms with van der Waals surface area (Å²) in [5.41, 5.74) is 6.42. The van der Waals surface area contributed by atoms with Crippen LogP contribution in [-0.4, -0.2) is 36.5 Å². The minimum atomic E-state index is -0.518. The summed E-state index contributed by atoms with van der Waals surface area (Å²) in [4.78, 5) is 2.14. The SMILES string of the molecule is Cc1cccc(C[C@H](O)C=C[C@@H]2[C@H]3CC(Cc4cccc(N(C)C)c4)=C[C@H]3C[C@H]2O)c1. The van der Waals surface area contributed by atoms with Gasteiger partial charge >= 0.3 is 0 Å². The van der Waals surface area contributed by atoms with E-state index in [-0.39, 0.29) is 12.0 Å². The summed E-state index contributed by atoms with van der Waals surface area (Å²) in [6, 6.07) is 17.0. The van der Waals surface area contributed by atoms with Crippen LogP contribution in [0.3, 0.4) is 0 Å². The first-order valence-electron chi connectivity index (χ1n) is 11.4. The maximum absolute atomic E-state index is 10.6. The van der Waals surface area contributed by atoms with Gasteiger partial charge in [-0.2, -0.15) is 0 Å². The molecule has 2 aromatic rings. The minimum Gasteiger partial charge on any atom is -0.392 e. The fourth-order valence-corrected chi connectivity index (χ4v) is 5.35. The van der Waals surface area contributed by atoms with Crippen LogP contribution in [0.5, 0.6) is 0 Å². The van der Waals surface area contributed by atoms with Crippen LogP contribution in [0.15, 0.2) is 72.3 Å². The van der Waals surface area contributed by atoms with Crippen LogP contribution < -0.4 is 4.90 Å². The highest BCUT2D eigenvalue weighted by Gasteiger charge is 2.43. The molecule has 164 valence electrons. The third kappa shape index (κ3) is 5.28. The van der Waals surface area contributed by atoms with Crippen LogP contribution in [0.1, 0.15) is 29.5 Å². The van der Waals surface area contributed by atoms with Crippen molar-refractivity contribution in [2.24, 2.45) is 17.8 Å². The van der Waals surface area contributed by atoms with E-state index in [1.54, 1.807) is 0 Å². The Bertz CT molecular complexity index is 961. The first-order valence-corrected chi connectivity index (χ1v) is 11.4. The summed E-state index contributed by atoms with van der Waals surface area (Å²) in [5.74, 6) is 1.02. The van der Waals surface area contributed by atoms with Gasteiger partial charge < -0.3 is 15.1 Å². The van der Waals surface area contributed by atoms with Gasteiger partial charge in [0.25, 0.3) is 0 Å². The lowest BCUT2D eigenvalue weighted by molar-refractivity contribution is 0.140. The average Bonchev–Trinajstić information content (AvgIpc) is 3.22. The molecule has 31 heavy (non-hydrogen) atoms. The van der Waals surface area contributed by atoms with Crippen LogP contribution in [-0.2, 0) is 12.8 Å². The number of nitrogens with zero attached hydrogens (tertiary/aromatic N) is 1. The molecule has 0 radical (unpaired) electrons. The molecule has 2 aliphatic rings. The number of benzene rings is 2. The van der Waals surface area contributed by atoms with Crippen LogP contribution >= 0.6 is 0 Å². The monoisotopic (exact) mass is 417 g/mol. The molecule has 0 spiro atoms. The Morgan fingerprint density at radius 2 is 1.87 bits per heavy atom. The summed E-state index contributed by atoms with van der Waals surface area (Å²) in [6.07, 6.45) is 9.02. The zero-order valence-electron chi connectivity index (χ0n) is 18.9. The van der Waals surface area contributed by atoms with E-state index in [0.29, 0.717) is 18.3 Å². The van der Waals surface area contributed by atoms with Crippen molar-refractivity contribution < 1.29 is 10.2 Å². The van der Waals surface area contributed by atoms with Gasteiger partial charge in [-0.05, 0) is 61.3 Å². The molecule has 3 heteroatoms. The molecule has 0 amide bonds. The van der Waals surface area contributed by atoms with E-state index in [4.69, 9.17) is 0 Å². The van der Waals surface area contributed by atoms with E-state index in [1.165, 1.54) is 22.4 Å². The lowest BCUT2D eigenvalue weighted by Crippen LogP contribution is -2.18. The van der Waals surface area contributed by atoms with E-state index < -0.39 is 6.10 Å². The number of aliphatic hydroxyl groups is 2. The topological polar surface area (TPSA) is 43.7 Å². The number of hydrogen-bond acceptors (Lipinski definition) is 3. The van der Waals surface area contributed by atoms with Crippen LogP contribution in [0.4, 0.5) is 5.69 Å². The third-order valence-corrected chi connectivity index (χ3v) is 6.89. The normalized spacial score (nSPS) is 26.2. The lowest BCUT2D eigenvalue weighted by atomic mass is 9.88. The molecule has 0 aromatic heterocycles. The molecule has 0 aliphatic heterocycles. The first kappa shape index (κ1) is 21.9. The molecule has 2 N–H and O–H groups in total. The number of fused-ring (bicyclic) bond motifs is 1. The third-order valence-electron chi connectivity index (χ3n) is 6.89. The molecule has 4 rings (SSSR count). The fourth-order valence-electron chi connectivity index (χ4n) is 5.35. The van der Waals surface area contributed by atoms with Gasteiger partial charge in [-0.25, -0.2) is 0 Å². The average molecular weight is 418 g/mol. The Morgan fingerprint density at radius 3 is 2.65 bits per heavy atom. The molecular formula is C28H35NO2. The van der Waals surface area contributed by atoms with Crippen LogP contribution in [0, 0.1) is 24.7 Å². The Hall–Kier alpha value is -2.36. The standard InChI is InChI=1S/C28H35NO2/c1-19-6-4-7-20(12-19)16-25(30)10-11-26-27-17-22(14-23(27)18-28(26)31)13-21-8-5-9-24(15-21)29(2)3/h4-12,14-15,23,25-28,30-31H,13,16-18H2,1-3H3/t23-,25+,26+,27-,28+/m0/s1. The van der Waals surface area contributed by atoms with Gasteiger partial charge in [0.15, 0.2) is 0 Å². The highest BCUT2D eigenvalue weighted by molar-refractivity contribution is 5.48. The van der Waals surface area contributed by atoms with Crippen LogP contribution in [0.25, 0.3) is 0 Å². The molecule has 3 nitrogen and oxygen atoms in total. The molecule has 2 aliphatic carbocycles. The van der Waals surface area contributed by atoms with Crippen molar-refractivity contribution in [3.63, 3.8) is 0 Å². The van der Waals surface area contributed by atoms with Crippen molar-refractivity contribution in [3.05, 3.63) is 89.0 Å². The molecule has 0 heterocycles. The second kappa shape index (κ2) is 9.42. The van der Waals surface area contributed by atoms with Crippen molar-refractivity contribution in [2.75, 3.05) is 19.0 Å². The van der Waals surface area contributed by atoms with E-state index in [2.05, 4.69) is 80.5 Å². The zero-order chi connectivity index (χ0) is 22.0. The molecule has 0 bridgehead atoms. The van der Waals surface area contributed by atoms with Gasteiger partial charge in [0.1, 0.15) is 0 Å². The summed E-state index contributed by atoms with van der Waals surface area (Å²) in [6.45, 7) is 2.07. The molecule has 2 aromatic carbocycles. The lowest BCUT2D eigenvalue weighted by Gasteiger charge is -2.19. The molecular weight excluding hydrogens is 382 g/mol. The Balaban J connectivity index is 1.37. The molecule has 0 saturated heterocycles. The molecule has 0 unspecified atom stereocenters. The van der Waals surface area contributed by atoms with Crippen molar-refractivity contribution in [1.29, 1.82) is 0 Å². The predicted octanol–water partition coefficient (Wildman–Crippen LogP) is 4.71. The van der Waals surface area contributed by atoms with E-state index in [9.17, 15) is 10.2 Å². The second-order valence-corrected chi connectivity index (χ2v) is 9.62. The molecule has 1 fully saturated rings. The van der Waals surface area contributed by atoms with Gasteiger partial charge in [0.05, 0.1) is 12.2 Å². The second-order valence-electron chi connectivity index (χ2n) is 9.62. The predicted molar refractivity (Wildman–Crippen MR) is 128 cm³/mol. The fraction of sp³-hybridized carbons (Fsp3) is 0.429. The zero-order valence-corrected chi connectivity index (χ0v) is 18.9. The Kier molecular flexibility index (Phi) is 6.64. The van der Waals surface area contributed by atoms with Gasteiger partial charge in [-0.15, -0.1) is 0 Å². The maximum Gasteiger partial charge on any atom is 0.0761 e. The van der Waals surface area contributed by atoms with Crippen molar-refractivity contribution in [1.82, 2.24) is 0 Å². The number of rotatable bonds is 7. The number of aliphatic hydroxyl groups excluding tert-OH is 2. The summed E-state index contributed by atoms with van der Waals surface area (Å²) < 4.78 is 0. The van der Waals surface area contributed by atoms with Crippen molar-refractivity contribution in [3.8, 4) is 0 Å². The van der Waals surface area contributed by atoms with Crippen molar-refractivity contribution in [2.45, 2.75) is 44.8 Å². The van der Waals surface area contributed by atoms with E-state index >= 15 is 0 Å². The van der Waals surface area contributed by atoms with E-state index in [0.717, 1.165) is 24.8 Å². The highest BCUT2D eigenvalue weighted by atomic mass is 16.3. The smallest absolute Gasteiger partial charge is 0.0761 e.